The fraction of sp³-hybridized carbons (Fsp3) is 0.286. The second-order valence-electron chi connectivity index (χ2n) is 6.52. The van der Waals surface area contributed by atoms with Crippen molar-refractivity contribution in [3.63, 3.8) is 0 Å². The summed E-state index contributed by atoms with van der Waals surface area (Å²) in [6, 6.07) is 15.8. The molecule has 0 fully saturated rings. The van der Waals surface area contributed by atoms with Crippen LogP contribution in [0.5, 0.6) is 0 Å². The van der Waals surface area contributed by atoms with Crippen molar-refractivity contribution in [2.24, 2.45) is 0 Å². The van der Waals surface area contributed by atoms with E-state index < -0.39 is 18.2 Å². The molecule has 0 radical (unpaired) electrons. The Labute approximate surface area is 163 Å². The Morgan fingerprint density at radius 3 is 2.21 bits per heavy atom. The van der Waals surface area contributed by atoms with Gasteiger partial charge in [0.05, 0.1) is 17.7 Å². The zero-order chi connectivity index (χ0) is 20.5. The lowest BCUT2D eigenvalue weighted by atomic mass is 10.1. The van der Waals surface area contributed by atoms with Crippen molar-refractivity contribution in [2.75, 3.05) is 0 Å². The number of quaternary nitrogens is 1. The third kappa shape index (κ3) is 6.83. The number of hydrogen-bond acceptors (Lipinski definition) is 5. The molecule has 28 heavy (non-hydrogen) atoms. The van der Waals surface area contributed by atoms with Crippen molar-refractivity contribution in [3.8, 4) is 6.07 Å². The van der Waals surface area contributed by atoms with Crippen LogP contribution in [0.4, 0.5) is 10.5 Å². The Kier molecular flexibility index (Phi) is 7.69. The van der Waals surface area contributed by atoms with Crippen LogP contribution in [0, 0.1) is 11.3 Å². The zero-order valence-corrected chi connectivity index (χ0v) is 15.8. The summed E-state index contributed by atoms with van der Waals surface area (Å²) in [6.07, 6.45) is -1.29. The van der Waals surface area contributed by atoms with Gasteiger partial charge >= 0.3 is 12.1 Å². The maximum Gasteiger partial charge on any atom is 0.518 e. The number of ether oxygens (including phenoxy) is 2. The number of rotatable bonds is 8. The minimum absolute atomic E-state index is 0.108. The number of nitrogens with zero attached hydrogens (tertiary/aromatic N) is 1. The largest absolute Gasteiger partial charge is 0.518 e. The van der Waals surface area contributed by atoms with Gasteiger partial charge in [0.1, 0.15) is 12.3 Å². The van der Waals surface area contributed by atoms with Crippen LogP contribution in [0.1, 0.15) is 30.5 Å². The highest BCUT2D eigenvalue weighted by Gasteiger charge is 2.20. The number of carboxylic acid groups (broad SMARTS) is 1. The molecule has 0 aliphatic carbocycles. The third-order valence-corrected chi connectivity index (χ3v) is 3.86. The van der Waals surface area contributed by atoms with E-state index in [-0.39, 0.29) is 19.1 Å². The first-order valence-electron chi connectivity index (χ1n) is 8.85. The first kappa shape index (κ1) is 21.1. The van der Waals surface area contributed by atoms with E-state index in [2.05, 4.69) is 0 Å². The molecule has 1 atom stereocenters. The van der Waals surface area contributed by atoms with Crippen LogP contribution >= 0.6 is 0 Å². The summed E-state index contributed by atoms with van der Waals surface area (Å²) in [7, 11) is 0. The molecule has 0 bridgehead atoms. The SMILES string of the molecule is CC(C)OC(Cc1ccc(COC(=O)[NH2+]c2ccc(C#N)cc2)cc1)C(=O)O. The van der Waals surface area contributed by atoms with E-state index in [9.17, 15) is 14.7 Å². The van der Waals surface area contributed by atoms with Crippen LogP contribution in [-0.2, 0) is 27.3 Å². The maximum absolute atomic E-state index is 11.9. The number of nitriles is 1. The Balaban J connectivity index is 1.85. The number of aliphatic carboxylic acids is 1. The van der Waals surface area contributed by atoms with Gasteiger partial charge in [-0.05, 0) is 37.1 Å². The van der Waals surface area contributed by atoms with Gasteiger partial charge in [-0.3, -0.25) is 0 Å². The molecule has 146 valence electrons. The number of primary amides is 1. The molecule has 1 amide bonds. The summed E-state index contributed by atoms with van der Waals surface area (Å²) >= 11 is 0. The average molecular weight is 383 g/mol. The van der Waals surface area contributed by atoms with E-state index in [4.69, 9.17) is 14.7 Å². The molecule has 0 saturated carbocycles. The second kappa shape index (κ2) is 10.2. The number of benzene rings is 2. The maximum atomic E-state index is 11.9. The van der Waals surface area contributed by atoms with Crippen molar-refractivity contribution in [3.05, 3.63) is 65.2 Å². The third-order valence-electron chi connectivity index (χ3n) is 3.86. The van der Waals surface area contributed by atoms with Crippen molar-refractivity contribution < 1.29 is 29.5 Å². The number of carbonyl (C=O) groups is 2. The highest BCUT2D eigenvalue weighted by atomic mass is 16.5. The first-order valence-corrected chi connectivity index (χ1v) is 8.85. The topological polar surface area (TPSA) is 113 Å². The van der Waals surface area contributed by atoms with Crippen molar-refractivity contribution in [2.45, 2.75) is 39.1 Å². The molecule has 2 rings (SSSR count). The van der Waals surface area contributed by atoms with E-state index in [0.29, 0.717) is 11.3 Å². The first-order chi connectivity index (χ1) is 13.4. The highest BCUT2D eigenvalue weighted by Crippen LogP contribution is 2.11. The molecule has 0 spiro atoms. The van der Waals surface area contributed by atoms with E-state index in [1.54, 1.807) is 62.4 Å². The van der Waals surface area contributed by atoms with E-state index in [1.165, 1.54) is 5.32 Å². The molecular weight excluding hydrogens is 360 g/mol. The lowest BCUT2D eigenvalue weighted by Crippen LogP contribution is -2.82. The number of carbonyl (C=O) groups excluding carboxylic acids is 1. The van der Waals surface area contributed by atoms with Gasteiger partial charge in [0.25, 0.3) is 0 Å². The molecule has 0 saturated heterocycles. The highest BCUT2D eigenvalue weighted by molar-refractivity contribution is 5.72. The van der Waals surface area contributed by atoms with Gasteiger partial charge in [-0.25, -0.2) is 10.1 Å². The number of nitrogens with two attached hydrogens (primary N) is 1. The van der Waals surface area contributed by atoms with Crippen LogP contribution in [0.15, 0.2) is 48.5 Å². The zero-order valence-electron chi connectivity index (χ0n) is 15.8. The Bertz CT molecular complexity index is 839. The van der Waals surface area contributed by atoms with Gasteiger partial charge < -0.3 is 14.6 Å². The number of hydrogen-bond donors (Lipinski definition) is 2. The van der Waals surface area contributed by atoms with Crippen LogP contribution in [0.25, 0.3) is 0 Å². The predicted octanol–water partition coefficient (Wildman–Crippen LogP) is 2.51. The van der Waals surface area contributed by atoms with Gasteiger partial charge in [0.15, 0.2) is 6.10 Å². The molecule has 0 aliphatic heterocycles. The monoisotopic (exact) mass is 383 g/mol. The van der Waals surface area contributed by atoms with Crippen LogP contribution in [0.3, 0.4) is 0 Å². The summed E-state index contributed by atoms with van der Waals surface area (Å²) in [5.74, 6) is -0.995. The fourth-order valence-electron chi connectivity index (χ4n) is 2.49. The Morgan fingerprint density at radius 1 is 1.07 bits per heavy atom. The molecular formula is C21H23N2O5+. The fourth-order valence-corrected chi connectivity index (χ4v) is 2.49. The van der Waals surface area contributed by atoms with Gasteiger partial charge in [-0.2, -0.15) is 10.1 Å². The molecule has 2 aromatic rings. The molecule has 2 aromatic carbocycles. The van der Waals surface area contributed by atoms with E-state index >= 15 is 0 Å². The summed E-state index contributed by atoms with van der Waals surface area (Å²) in [6.45, 7) is 3.70. The average Bonchev–Trinajstić information content (AvgIpc) is 2.67. The van der Waals surface area contributed by atoms with Gasteiger partial charge in [0.2, 0.25) is 0 Å². The number of amides is 1. The molecule has 0 heterocycles. The minimum Gasteiger partial charge on any atom is -0.479 e. The Morgan fingerprint density at radius 2 is 1.68 bits per heavy atom. The van der Waals surface area contributed by atoms with Crippen molar-refractivity contribution in [1.82, 2.24) is 0 Å². The van der Waals surface area contributed by atoms with E-state index in [0.717, 1.165) is 11.1 Å². The summed E-state index contributed by atoms with van der Waals surface area (Å²) in [4.78, 5) is 23.2. The van der Waals surface area contributed by atoms with Crippen LogP contribution < -0.4 is 5.32 Å². The lowest BCUT2D eigenvalue weighted by Gasteiger charge is -2.16. The van der Waals surface area contributed by atoms with Gasteiger partial charge in [-0.1, -0.05) is 24.3 Å². The molecule has 3 N–H and O–H groups in total. The summed E-state index contributed by atoms with van der Waals surface area (Å²) in [5, 5.41) is 19.4. The molecule has 7 heteroatoms. The lowest BCUT2D eigenvalue weighted by molar-refractivity contribution is -0.483. The predicted molar refractivity (Wildman–Crippen MR) is 101 cm³/mol. The molecule has 1 unspecified atom stereocenters. The molecule has 7 nitrogen and oxygen atoms in total. The number of carboxylic acids is 1. The second-order valence-corrected chi connectivity index (χ2v) is 6.52. The Hall–Kier alpha value is -3.21. The summed E-state index contributed by atoms with van der Waals surface area (Å²) < 4.78 is 10.6. The molecule has 0 aromatic heterocycles. The van der Waals surface area contributed by atoms with Crippen molar-refractivity contribution in [1.29, 1.82) is 5.26 Å². The van der Waals surface area contributed by atoms with E-state index in [1.807, 2.05) is 6.07 Å². The van der Waals surface area contributed by atoms with Gasteiger partial charge in [0, 0.05) is 18.6 Å². The van der Waals surface area contributed by atoms with Crippen LogP contribution in [-0.4, -0.2) is 29.4 Å². The normalized spacial score (nSPS) is 11.6. The molecule has 0 aliphatic rings. The van der Waals surface area contributed by atoms with Gasteiger partial charge in [-0.15, -0.1) is 0 Å². The van der Waals surface area contributed by atoms with Crippen molar-refractivity contribution >= 4 is 17.7 Å². The quantitative estimate of drug-likeness (QED) is 0.677. The van der Waals surface area contributed by atoms with Crippen LogP contribution in [0.2, 0.25) is 0 Å². The summed E-state index contributed by atoms with van der Waals surface area (Å²) in [5.41, 5.74) is 2.80. The standard InChI is InChI=1S/C21H22N2O5/c1-14(2)28-19(20(24)25)11-15-3-5-17(6-4-15)13-27-21(26)23-18-9-7-16(12-22)8-10-18/h3-10,14,19H,11,13H2,1-2H3,(H,23,26)(H,24,25)/p+1. The minimum atomic E-state index is -0.995. The smallest absolute Gasteiger partial charge is 0.479 e.